The molecule has 136 valence electrons. The molecule has 0 saturated carbocycles. The summed E-state index contributed by atoms with van der Waals surface area (Å²) in [5, 5.41) is 40.3. The number of rotatable bonds is 11. The summed E-state index contributed by atoms with van der Waals surface area (Å²) in [6.07, 6.45) is 3.49. The number of aliphatic carboxylic acids is 2. The van der Waals surface area contributed by atoms with Crippen molar-refractivity contribution in [2.75, 3.05) is 26.4 Å². The number of hydrogen-bond acceptors (Lipinski definition) is 6. The van der Waals surface area contributed by atoms with Crippen molar-refractivity contribution in [3.05, 3.63) is 25.3 Å². The lowest BCUT2D eigenvalue weighted by Gasteiger charge is -1.96. The number of aliphatic hydroxyl groups excluding tert-OH is 3. The van der Waals surface area contributed by atoms with Crippen LogP contribution in [0, 0.1) is 0 Å². The van der Waals surface area contributed by atoms with Gasteiger partial charge in [-0.2, -0.15) is 0 Å². The normalized spacial score (nSPS) is 9.04. The molecule has 0 amide bonds. The van der Waals surface area contributed by atoms with Gasteiger partial charge in [0.15, 0.2) is 0 Å². The van der Waals surface area contributed by atoms with Gasteiger partial charge in [0, 0.05) is 12.8 Å². The molecule has 8 nitrogen and oxygen atoms in total. The lowest BCUT2D eigenvalue weighted by atomic mass is 10.2. The third-order valence-corrected chi connectivity index (χ3v) is 1.92. The smallest absolute Gasteiger partial charge is 0.303 e. The Kier molecular flexibility index (Phi) is 25.6. The van der Waals surface area contributed by atoms with Crippen LogP contribution in [0.3, 0.4) is 0 Å². The minimum Gasteiger partial charge on any atom is -0.481 e. The van der Waals surface area contributed by atoms with Crippen LogP contribution in [0.2, 0.25) is 0 Å². The third kappa shape index (κ3) is 38.4. The Morgan fingerprint density at radius 3 is 1.43 bits per heavy atom. The molecule has 5 N–H and O–H groups in total. The molecular weight excluding hydrogens is 308 g/mol. The molecule has 0 bridgehead atoms. The fourth-order valence-corrected chi connectivity index (χ4v) is 0.845. The van der Waals surface area contributed by atoms with Crippen LogP contribution in [0.5, 0.6) is 0 Å². The van der Waals surface area contributed by atoms with Gasteiger partial charge in [0.1, 0.15) is 6.10 Å². The van der Waals surface area contributed by atoms with Gasteiger partial charge in [0.2, 0.25) is 0 Å². The number of hydrogen-bond donors (Lipinski definition) is 5. The Balaban J connectivity index is -0.000000272. The van der Waals surface area contributed by atoms with Crippen molar-refractivity contribution in [2.45, 2.75) is 31.8 Å². The molecule has 0 aromatic heterocycles. The molecule has 0 aliphatic rings. The molecule has 0 saturated heterocycles. The second kappa shape index (κ2) is 22.5. The summed E-state index contributed by atoms with van der Waals surface area (Å²) >= 11 is 0. The Morgan fingerprint density at radius 1 is 0.913 bits per heavy atom. The molecule has 0 aromatic rings. The maximum absolute atomic E-state index is 9.90. The topological polar surface area (TPSA) is 145 Å². The average Bonchev–Trinajstić information content (AvgIpc) is 2.52. The molecule has 8 heteroatoms. The molecule has 0 heterocycles. The van der Waals surface area contributed by atoms with E-state index in [2.05, 4.69) is 13.2 Å². The minimum atomic E-state index is -0.954. The first kappa shape index (κ1) is 26.2. The summed E-state index contributed by atoms with van der Waals surface area (Å²) in [5.74, 6) is -1.74. The number of carbonyl (C=O) groups is 2. The van der Waals surface area contributed by atoms with Crippen molar-refractivity contribution in [1.82, 2.24) is 0 Å². The number of carboxylic acid groups (broad SMARTS) is 2. The van der Waals surface area contributed by atoms with E-state index in [1.165, 1.54) is 0 Å². The van der Waals surface area contributed by atoms with Crippen LogP contribution in [0.1, 0.15) is 25.7 Å². The van der Waals surface area contributed by atoms with Gasteiger partial charge in [-0.25, -0.2) is 0 Å². The van der Waals surface area contributed by atoms with Gasteiger partial charge in [0.25, 0.3) is 0 Å². The Labute approximate surface area is 136 Å². The summed E-state index contributed by atoms with van der Waals surface area (Å²) < 4.78 is 4.90. The van der Waals surface area contributed by atoms with Crippen molar-refractivity contribution in [1.29, 1.82) is 0 Å². The number of unbranched alkanes of at least 4 members (excludes halogenated alkanes) is 1. The van der Waals surface area contributed by atoms with Crippen molar-refractivity contribution in [3.8, 4) is 0 Å². The van der Waals surface area contributed by atoms with Crippen molar-refractivity contribution in [3.63, 3.8) is 0 Å². The van der Waals surface area contributed by atoms with E-state index in [1.807, 2.05) is 0 Å². The second-order valence-corrected chi connectivity index (χ2v) is 4.13. The molecule has 23 heavy (non-hydrogen) atoms. The first-order chi connectivity index (χ1) is 10.8. The van der Waals surface area contributed by atoms with Gasteiger partial charge in [-0.1, -0.05) is 12.2 Å². The highest BCUT2D eigenvalue weighted by atomic mass is 16.5. The monoisotopic (exact) mass is 336 g/mol. The minimum absolute atomic E-state index is 0.0628. The summed E-state index contributed by atoms with van der Waals surface area (Å²) in [6.45, 7) is 7.45. The first-order valence-electron chi connectivity index (χ1n) is 6.98. The van der Waals surface area contributed by atoms with Gasteiger partial charge >= 0.3 is 11.9 Å². The van der Waals surface area contributed by atoms with Crippen molar-refractivity contribution in [2.24, 2.45) is 0 Å². The van der Waals surface area contributed by atoms with E-state index in [0.717, 1.165) is 0 Å². The molecule has 0 spiro atoms. The standard InChI is InChI=1S/C6H10O4.C6H10O.C3H8O3/c7-5(8)3-1-2-4-6(9)10;1-3-5-7-6-4-2;4-1-3(6)2-5/h1-4H2,(H,7,8)(H,9,10);3-4H,1-2,5-6H2;3-6H,1-2H2. The zero-order valence-electron chi connectivity index (χ0n) is 13.3. The van der Waals surface area contributed by atoms with Crippen LogP contribution < -0.4 is 0 Å². The number of carboxylic acids is 2. The van der Waals surface area contributed by atoms with Crippen LogP contribution in [-0.2, 0) is 14.3 Å². The van der Waals surface area contributed by atoms with Crippen molar-refractivity contribution < 1.29 is 39.9 Å². The van der Waals surface area contributed by atoms with Crippen LogP contribution in [-0.4, -0.2) is 70.0 Å². The van der Waals surface area contributed by atoms with Crippen LogP contribution in [0.4, 0.5) is 0 Å². The van der Waals surface area contributed by atoms with Gasteiger partial charge in [-0.3, -0.25) is 9.59 Å². The summed E-state index contributed by atoms with van der Waals surface area (Å²) in [7, 11) is 0. The van der Waals surface area contributed by atoms with E-state index in [1.54, 1.807) is 12.2 Å². The molecule has 0 aliphatic heterocycles. The van der Waals surface area contributed by atoms with E-state index >= 15 is 0 Å². The molecule has 0 aromatic carbocycles. The van der Waals surface area contributed by atoms with E-state index < -0.39 is 18.0 Å². The first-order valence-corrected chi connectivity index (χ1v) is 6.98. The van der Waals surface area contributed by atoms with E-state index in [4.69, 9.17) is 30.3 Å². The van der Waals surface area contributed by atoms with E-state index in [0.29, 0.717) is 26.1 Å². The Hall–Kier alpha value is -1.74. The third-order valence-electron chi connectivity index (χ3n) is 1.92. The fourth-order valence-electron chi connectivity index (χ4n) is 0.845. The van der Waals surface area contributed by atoms with Crippen LogP contribution in [0.15, 0.2) is 25.3 Å². The van der Waals surface area contributed by atoms with Gasteiger partial charge in [-0.05, 0) is 12.8 Å². The largest absolute Gasteiger partial charge is 0.481 e. The van der Waals surface area contributed by atoms with E-state index in [-0.39, 0.29) is 26.1 Å². The predicted molar refractivity (Wildman–Crippen MR) is 85.1 cm³/mol. The molecule has 0 aliphatic carbocycles. The zero-order chi connectivity index (χ0) is 18.5. The number of aliphatic hydroxyl groups is 3. The van der Waals surface area contributed by atoms with E-state index in [9.17, 15) is 9.59 Å². The van der Waals surface area contributed by atoms with Crippen LogP contribution in [0.25, 0.3) is 0 Å². The molecule has 0 unspecified atom stereocenters. The fraction of sp³-hybridized carbons (Fsp3) is 0.600. The maximum atomic E-state index is 9.90. The molecule has 0 fully saturated rings. The molecule has 0 rings (SSSR count). The lowest BCUT2D eigenvalue weighted by molar-refractivity contribution is -0.139. The molecule has 0 atom stereocenters. The highest BCUT2D eigenvalue weighted by Crippen LogP contribution is 1.98. The second-order valence-electron chi connectivity index (χ2n) is 4.13. The highest BCUT2D eigenvalue weighted by Gasteiger charge is 1.99. The zero-order valence-corrected chi connectivity index (χ0v) is 13.3. The van der Waals surface area contributed by atoms with Gasteiger partial charge in [-0.15, -0.1) is 13.2 Å². The number of ether oxygens (including phenoxy) is 1. The van der Waals surface area contributed by atoms with Gasteiger partial charge < -0.3 is 30.3 Å². The summed E-state index contributed by atoms with van der Waals surface area (Å²) in [4.78, 5) is 19.8. The molecular formula is C15H28O8. The maximum Gasteiger partial charge on any atom is 0.303 e. The summed E-state index contributed by atoms with van der Waals surface area (Å²) in [6, 6.07) is 0. The predicted octanol–water partition coefficient (Wildman–Crippen LogP) is 0.423. The Bertz CT molecular complexity index is 276. The quantitative estimate of drug-likeness (QED) is 0.270. The average molecular weight is 336 g/mol. The van der Waals surface area contributed by atoms with Gasteiger partial charge in [0.05, 0.1) is 26.4 Å². The van der Waals surface area contributed by atoms with Crippen molar-refractivity contribution >= 4 is 11.9 Å². The summed E-state index contributed by atoms with van der Waals surface area (Å²) in [5.41, 5.74) is 0. The highest BCUT2D eigenvalue weighted by molar-refractivity contribution is 5.67. The molecule has 0 radical (unpaired) electrons. The van der Waals surface area contributed by atoms with Crippen LogP contribution >= 0.6 is 0 Å². The lowest BCUT2D eigenvalue weighted by Crippen LogP contribution is -2.15. The Morgan fingerprint density at radius 2 is 1.26 bits per heavy atom. The SMILES string of the molecule is C=CCOCC=C.O=C(O)CCCCC(=O)O.OCC(O)CO.